The summed E-state index contributed by atoms with van der Waals surface area (Å²) in [6, 6.07) is 0. The molecule has 2 N–H and O–H groups in total. The first-order valence-corrected chi connectivity index (χ1v) is 7.59. The van der Waals surface area contributed by atoms with Gasteiger partial charge in [-0.3, -0.25) is 0 Å². The second-order valence-corrected chi connectivity index (χ2v) is 4.83. The minimum Gasteiger partial charge on any atom is -0.460 e. The first-order chi connectivity index (χ1) is 11.5. The molecule has 138 valence electrons. The van der Waals surface area contributed by atoms with Gasteiger partial charge in [0.25, 0.3) is 0 Å². The Bertz CT molecular complexity index is 346. The Morgan fingerprint density at radius 1 is 0.792 bits per heavy atom. The van der Waals surface area contributed by atoms with Crippen molar-refractivity contribution in [2.75, 3.05) is 39.6 Å². The van der Waals surface area contributed by atoms with Gasteiger partial charge in [0, 0.05) is 25.4 Å². The molecule has 0 aromatic carbocycles. The van der Waals surface area contributed by atoms with E-state index in [0.717, 1.165) is 12.2 Å². The third-order valence-corrected chi connectivity index (χ3v) is 2.62. The van der Waals surface area contributed by atoms with Crippen molar-refractivity contribution in [3.05, 3.63) is 25.3 Å². The van der Waals surface area contributed by atoms with E-state index in [1.165, 1.54) is 0 Å². The van der Waals surface area contributed by atoms with Gasteiger partial charge < -0.3 is 29.2 Å². The maximum absolute atomic E-state index is 10.8. The Morgan fingerprint density at radius 2 is 1.17 bits per heavy atom. The molecule has 8 nitrogen and oxygen atoms in total. The first-order valence-electron chi connectivity index (χ1n) is 7.59. The van der Waals surface area contributed by atoms with Crippen LogP contribution >= 0.6 is 0 Å². The van der Waals surface area contributed by atoms with Crippen molar-refractivity contribution in [1.29, 1.82) is 0 Å². The largest absolute Gasteiger partial charge is 0.460 e. The van der Waals surface area contributed by atoms with Crippen LogP contribution in [-0.2, 0) is 28.5 Å². The summed E-state index contributed by atoms with van der Waals surface area (Å²) in [6.45, 7) is 7.20. The predicted molar refractivity (Wildman–Crippen MR) is 85.2 cm³/mol. The van der Waals surface area contributed by atoms with Crippen molar-refractivity contribution in [1.82, 2.24) is 0 Å². The van der Waals surface area contributed by atoms with E-state index in [0.29, 0.717) is 26.1 Å². The zero-order chi connectivity index (χ0) is 18.2. The van der Waals surface area contributed by atoms with E-state index < -0.39 is 24.1 Å². The molecule has 0 rings (SSSR count). The van der Waals surface area contributed by atoms with Crippen LogP contribution in [-0.4, -0.2) is 74.0 Å². The second kappa shape index (κ2) is 14.8. The van der Waals surface area contributed by atoms with Gasteiger partial charge in [-0.1, -0.05) is 13.2 Å². The zero-order valence-corrected chi connectivity index (χ0v) is 13.7. The molecule has 0 aliphatic heterocycles. The SMILES string of the molecule is C=CC(=O)OC[C@H](O)COCCCCOC[C@@H](O)COC(=O)C=C. The second-order valence-electron chi connectivity index (χ2n) is 4.83. The molecule has 8 heteroatoms. The van der Waals surface area contributed by atoms with Crippen LogP contribution in [0.3, 0.4) is 0 Å². The number of rotatable bonds is 15. The maximum atomic E-state index is 10.8. The molecule has 0 unspecified atom stereocenters. The van der Waals surface area contributed by atoms with Gasteiger partial charge >= 0.3 is 11.9 Å². The van der Waals surface area contributed by atoms with Gasteiger partial charge in [-0.05, 0) is 12.8 Å². The highest BCUT2D eigenvalue weighted by atomic mass is 16.6. The fourth-order valence-electron chi connectivity index (χ4n) is 1.42. The summed E-state index contributed by atoms with van der Waals surface area (Å²) in [6.07, 6.45) is 1.71. The summed E-state index contributed by atoms with van der Waals surface area (Å²) in [5.74, 6) is -1.18. The van der Waals surface area contributed by atoms with Crippen LogP contribution in [0.5, 0.6) is 0 Å². The van der Waals surface area contributed by atoms with Gasteiger partial charge in [-0.2, -0.15) is 0 Å². The van der Waals surface area contributed by atoms with Crippen molar-refractivity contribution < 1.29 is 38.7 Å². The van der Waals surface area contributed by atoms with E-state index in [2.05, 4.69) is 22.6 Å². The lowest BCUT2D eigenvalue weighted by Crippen LogP contribution is -2.24. The molecule has 0 heterocycles. The highest BCUT2D eigenvalue weighted by molar-refractivity contribution is 5.81. The number of carbonyl (C=O) groups is 2. The van der Waals surface area contributed by atoms with E-state index in [4.69, 9.17) is 9.47 Å². The third-order valence-electron chi connectivity index (χ3n) is 2.62. The highest BCUT2D eigenvalue weighted by Crippen LogP contribution is 1.96. The average Bonchev–Trinajstić information content (AvgIpc) is 2.59. The fraction of sp³-hybridized carbons (Fsp3) is 0.625. The van der Waals surface area contributed by atoms with Crippen molar-refractivity contribution in [2.45, 2.75) is 25.0 Å². The molecular weight excluding hydrogens is 320 g/mol. The molecule has 0 saturated carbocycles. The smallest absolute Gasteiger partial charge is 0.330 e. The number of unbranched alkanes of at least 4 members (excludes halogenated alkanes) is 1. The van der Waals surface area contributed by atoms with Crippen molar-refractivity contribution in [3.8, 4) is 0 Å². The molecule has 0 spiro atoms. The lowest BCUT2D eigenvalue weighted by molar-refractivity contribution is -0.142. The molecule has 0 aromatic rings. The molecule has 0 amide bonds. The van der Waals surface area contributed by atoms with Gasteiger partial charge in [-0.15, -0.1) is 0 Å². The van der Waals surface area contributed by atoms with E-state index in [9.17, 15) is 19.8 Å². The molecular formula is C16H26O8. The van der Waals surface area contributed by atoms with Crippen LogP contribution in [0.1, 0.15) is 12.8 Å². The van der Waals surface area contributed by atoms with Crippen LogP contribution in [0, 0.1) is 0 Å². The Hall–Kier alpha value is -1.74. The molecule has 2 atom stereocenters. The van der Waals surface area contributed by atoms with Crippen LogP contribution in [0.15, 0.2) is 25.3 Å². The van der Waals surface area contributed by atoms with Gasteiger partial charge in [0.2, 0.25) is 0 Å². The number of hydrogen-bond donors (Lipinski definition) is 2. The number of aliphatic hydroxyl groups excluding tert-OH is 2. The number of ether oxygens (including phenoxy) is 4. The molecule has 0 bridgehead atoms. The first kappa shape index (κ1) is 22.3. The number of esters is 2. The summed E-state index contributed by atoms with van der Waals surface area (Å²) >= 11 is 0. The quantitative estimate of drug-likeness (QED) is 0.242. The third kappa shape index (κ3) is 13.9. The summed E-state index contributed by atoms with van der Waals surface area (Å²) in [5.41, 5.74) is 0. The lowest BCUT2D eigenvalue weighted by Gasteiger charge is -2.12. The van der Waals surface area contributed by atoms with Crippen molar-refractivity contribution in [3.63, 3.8) is 0 Å². The Kier molecular flexibility index (Phi) is 13.8. The topological polar surface area (TPSA) is 112 Å². The van der Waals surface area contributed by atoms with E-state index in [-0.39, 0.29) is 26.4 Å². The maximum Gasteiger partial charge on any atom is 0.330 e. The van der Waals surface area contributed by atoms with Gasteiger partial charge in [0.1, 0.15) is 25.4 Å². The average molecular weight is 346 g/mol. The summed E-state index contributed by atoms with van der Waals surface area (Å²) in [5, 5.41) is 18.9. The molecule has 0 aliphatic rings. The molecule has 24 heavy (non-hydrogen) atoms. The van der Waals surface area contributed by atoms with Crippen LogP contribution in [0.25, 0.3) is 0 Å². The number of carbonyl (C=O) groups excluding carboxylic acids is 2. The summed E-state index contributed by atoms with van der Waals surface area (Å²) < 4.78 is 19.8. The fourth-order valence-corrected chi connectivity index (χ4v) is 1.42. The Balaban J connectivity index is 3.38. The molecule has 0 radical (unpaired) electrons. The number of aliphatic hydroxyl groups is 2. The van der Waals surface area contributed by atoms with E-state index in [1.807, 2.05) is 0 Å². The minimum absolute atomic E-state index is 0.0681. The number of hydrogen-bond acceptors (Lipinski definition) is 8. The van der Waals surface area contributed by atoms with Gasteiger partial charge in [0.05, 0.1) is 13.2 Å². The summed E-state index contributed by atoms with van der Waals surface area (Å²) in [7, 11) is 0. The zero-order valence-electron chi connectivity index (χ0n) is 13.7. The highest BCUT2D eigenvalue weighted by Gasteiger charge is 2.08. The van der Waals surface area contributed by atoms with Gasteiger partial charge in [0.15, 0.2) is 0 Å². The predicted octanol–water partition coefficient (Wildman–Crippen LogP) is -0.0200. The van der Waals surface area contributed by atoms with Crippen molar-refractivity contribution >= 4 is 11.9 Å². The van der Waals surface area contributed by atoms with E-state index >= 15 is 0 Å². The van der Waals surface area contributed by atoms with Gasteiger partial charge in [-0.25, -0.2) is 9.59 Å². The molecule has 0 aliphatic carbocycles. The molecule has 0 fully saturated rings. The normalized spacial score (nSPS) is 12.9. The van der Waals surface area contributed by atoms with E-state index in [1.54, 1.807) is 0 Å². The lowest BCUT2D eigenvalue weighted by atomic mass is 10.3. The van der Waals surface area contributed by atoms with Crippen LogP contribution in [0.2, 0.25) is 0 Å². The van der Waals surface area contributed by atoms with Crippen molar-refractivity contribution in [2.24, 2.45) is 0 Å². The molecule has 0 aromatic heterocycles. The minimum atomic E-state index is -0.876. The standard InChI is InChI=1S/C16H26O8/c1-3-15(19)23-11-13(17)9-21-7-5-6-8-22-10-14(18)12-24-16(20)4-2/h3-4,13-14,17-18H,1-2,5-12H2/t13-,14-/m1/s1. The van der Waals surface area contributed by atoms with Crippen LogP contribution < -0.4 is 0 Å². The Morgan fingerprint density at radius 3 is 1.50 bits per heavy atom. The monoisotopic (exact) mass is 346 g/mol. The summed E-state index contributed by atoms with van der Waals surface area (Å²) in [4.78, 5) is 21.6. The Labute approximate surface area is 141 Å². The van der Waals surface area contributed by atoms with Crippen LogP contribution in [0.4, 0.5) is 0 Å². The molecule has 0 saturated heterocycles.